The van der Waals surface area contributed by atoms with Gasteiger partial charge < -0.3 is 5.32 Å². The first-order valence-corrected chi connectivity index (χ1v) is 5.67. The van der Waals surface area contributed by atoms with E-state index in [2.05, 4.69) is 28.5 Å². The quantitative estimate of drug-likeness (QED) is 0.747. The van der Waals surface area contributed by atoms with Crippen molar-refractivity contribution in [2.24, 2.45) is 4.99 Å². The maximum absolute atomic E-state index is 10.8. The van der Waals surface area contributed by atoms with Crippen molar-refractivity contribution in [2.45, 2.75) is 12.8 Å². The van der Waals surface area contributed by atoms with Crippen LogP contribution in [0.2, 0.25) is 0 Å². The summed E-state index contributed by atoms with van der Waals surface area (Å²) in [4.78, 5) is 14.7. The molecule has 0 unspecified atom stereocenters. The zero-order chi connectivity index (χ0) is 9.80. The molecule has 0 atom stereocenters. The summed E-state index contributed by atoms with van der Waals surface area (Å²) in [6, 6.07) is 0. The van der Waals surface area contributed by atoms with Gasteiger partial charge in [-0.3, -0.25) is 4.79 Å². The SMILES string of the molecule is O=C1CSC(NCC2=CCCC=C2)=N1. The summed E-state index contributed by atoms with van der Waals surface area (Å²) in [6.45, 7) is 0.773. The smallest absolute Gasteiger partial charge is 0.258 e. The molecule has 0 radical (unpaired) electrons. The number of carbonyl (C=O) groups excluding carboxylic acids is 1. The predicted octanol–water partition coefficient (Wildman–Crippen LogP) is 1.48. The highest BCUT2D eigenvalue weighted by Gasteiger charge is 2.13. The molecule has 0 aromatic carbocycles. The van der Waals surface area contributed by atoms with Crippen LogP contribution in [0.5, 0.6) is 0 Å². The van der Waals surface area contributed by atoms with Crippen molar-refractivity contribution in [2.75, 3.05) is 12.3 Å². The van der Waals surface area contributed by atoms with Crippen LogP contribution < -0.4 is 5.32 Å². The number of thioether (sulfide) groups is 1. The van der Waals surface area contributed by atoms with Crippen molar-refractivity contribution >= 4 is 22.8 Å². The van der Waals surface area contributed by atoms with Gasteiger partial charge in [-0.25, -0.2) is 0 Å². The molecule has 0 saturated heterocycles. The Bertz CT molecular complexity index is 331. The summed E-state index contributed by atoms with van der Waals surface area (Å²) in [5.74, 6) is 0.447. The van der Waals surface area contributed by atoms with Crippen molar-refractivity contribution in [3.05, 3.63) is 23.8 Å². The third kappa shape index (κ3) is 2.48. The second kappa shape index (κ2) is 4.46. The maximum atomic E-state index is 10.8. The van der Waals surface area contributed by atoms with Gasteiger partial charge in [0.15, 0.2) is 5.17 Å². The third-order valence-corrected chi connectivity index (χ3v) is 2.97. The Labute approximate surface area is 87.4 Å². The molecule has 14 heavy (non-hydrogen) atoms. The van der Waals surface area contributed by atoms with E-state index >= 15 is 0 Å². The van der Waals surface area contributed by atoms with E-state index in [0.29, 0.717) is 5.75 Å². The Morgan fingerprint density at radius 2 is 2.43 bits per heavy atom. The first-order valence-electron chi connectivity index (χ1n) is 4.68. The van der Waals surface area contributed by atoms with Crippen LogP contribution in [-0.4, -0.2) is 23.4 Å². The molecule has 2 aliphatic rings. The van der Waals surface area contributed by atoms with Crippen LogP contribution in [0.15, 0.2) is 28.8 Å². The van der Waals surface area contributed by atoms with Crippen LogP contribution in [0.25, 0.3) is 0 Å². The molecular weight excluding hydrogens is 196 g/mol. The lowest BCUT2D eigenvalue weighted by Crippen LogP contribution is -2.21. The minimum atomic E-state index is -0.0364. The van der Waals surface area contributed by atoms with Crippen molar-refractivity contribution < 1.29 is 4.79 Å². The predicted molar refractivity (Wildman–Crippen MR) is 59.4 cm³/mol. The van der Waals surface area contributed by atoms with E-state index in [-0.39, 0.29) is 5.91 Å². The number of amidine groups is 1. The van der Waals surface area contributed by atoms with E-state index in [4.69, 9.17) is 0 Å². The molecule has 4 heteroatoms. The van der Waals surface area contributed by atoms with Gasteiger partial charge in [0, 0.05) is 6.54 Å². The fourth-order valence-corrected chi connectivity index (χ4v) is 2.04. The van der Waals surface area contributed by atoms with E-state index in [0.717, 1.165) is 24.6 Å². The van der Waals surface area contributed by atoms with Crippen LogP contribution in [0.4, 0.5) is 0 Å². The Hall–Kier alpha value is -1.03. The number of aliphatic imine (C=N–C) groups is 1. The number of nitrogens with zero attached hydrogens (tertiary/aromatic N) is 1. The van der Waals surface area contributed by atoms with Crippen LogP contribution in [0, 0.1) is 0 Å². The molecule has 1 heterocycles. The van der Waals surface area contributed by atoms with Gasteiger partial charge in [0.1, 0.15) is 0 Å². The normalized spacial score (nSPS) is 20.7. The van der Waals surface area contributed by atoms with Crippen molar-refractivity contribution in [1.82, 2.24) is 5.32 Å². The fourth-order valence-electron chi connectivity index (χ4n) is 1.37. The van der Waals surface area contributed by atoms with E-state index in [1.165, 1.54) is 17.3 Å². The number of carbonyl (C=O) groups is 1. The highest BCUT2D eigenvalue weighted by molar-refractivity contribution is 8.14. The third-order valence-electron chi connectivity index (χ3n) is 2.07. The fraction of sp³-hybridized carbons (Fsp3) is 0.400. The first kappa shape index (κ1) is 9.52. The summed E-state index contributed by atoms with van der Waals surface area (Å²) in [6.07, 6.45) is 8.77. The topological polar surface area (TPSA) is 41.5 Å². The van der Waals surface area contributed by atoms with Crippen LogP contribution in [0.3, 0.4) is 0 Å². The Morgan fingerprint density at radius 3 is 3.07 bits per heavy atom. The molecule has 1 amide bonds. The van der Waals surface area contributed by atoms with Gasteiger partial charge in [-0.1, -0.05) is 30.0 Å². The maximum Gasteiger partial charge on any atom is 0.258 e. The average molecular weight is 208 g/mol. The van der Waals surface area contributed by atoms with Gasteiger partial charge in [-0.05, 0) is 18.4 Å². The monoisotopic (exact) mass is 208 g/mol. The lowest BCUT2D eigenvalue weighted by molar-refractivity contribution is -0.115. The van der Waals surface area contributed by atoms with Gasteiger partial charge in [-0.15, -0.1) is 0 Å². The largest absolute Gasteiger partial charge is 0.360 e. The Kier molecular flexibility index (Phi) is 3.03. The number of nitrogens with one attached hydrogen (secondary N) is 1. The van der Waals surface area contributed by atoms with Gasteiger partial charge in [0.05, 0.1) is 5.75 Å². The number of amides is 1. The summed E-state index contributed by atoms with van der Waals surface area (Å²) >= 11 is 1.48. The van der Waals surface area contributed by atoms with Crippen molar-refractivity contribution in [1.29, 1.82) is 0 Å². The first-order chi connectivity index (χ1) is 6.84. The summed E-state index contributed by atoms with van der Waals surface area (Å²) in [5.41, 5.74) is 1.28. The van der Waals surface area contributed by atoms with Gasteiger partial charge >= 0.3 is 0 Å². The Balaban J connectivity index is 1.82. The molecule has 0 saturated carbocycles. The molecule has 0 bridgehead atoms. The van der Waals surface area contributed by atoms with Crippen LogP contribution >= 0.6 is 11.8 Å². The number of allylic oxidation sites excluding steroid dienone is 2. The van der Waals surface area contributed by atoms with Gasteiger partial charge in [0.25, 0.3) is 5.91 Å². The molecule has 3 nitrogen and oxygen atoms in total. The molecule has 1 N–H and O–H groups in total. The molecule has 1 aliphatic heterocycles. The standard InChI is InChI=1S/C10H12N2OS/c13-9-7-14-10(12-9)11-6-8-4-2-1-3-5-8/h2,4-5H,1,3,6-7H2,(H,11,12,13). The van der Waals surface area contributed by atoms with E-state index < -0.39 is 0 Å². The average Bonchev–Trinajstić information content (AvgIpc) is 2.63. The molecule has 0 aromatic heterocycles. The van der Waals surface area contributed by atoms with E-state index in [9.17, 15) is 4.79 Å². The number of rotatable bonds is 2. The summed E-state index contributed by atoms with van der Waals surface area (Å²) in [7, 11) is 0. The molecular formula is C10H12N2OS. The van der Waals surface area contributed by atoms with E-state index in [1.54, 1.807) is 0 Å². The molecule has 0 aromatic rings. The zero-order valence-electron chi connectivity index (χ0n) is 7.82. The highest BCUT2D eigenvalue weighted by atomic mass is 32.2. The van der Waals surface area contributed by atoms with Crippen molar-refractivity contribution in [3.63, 3.8) is 0 Å². The second-order valence-corrected chi connectivity index (χ2v) is 4.18. The highest BCUT2D eigenvalue weighted by Crippen LogP contribution is 2.12. The zero-order valence-corrected chi connectivity index (χ0v) is 8.64. The molecule has 1 aliphatic carbocycles. The summed E-state index contributed by atoms with van der Waals surface area (Å²) < 4.78 is 0. The molecule has 0 fully saturated rings. The lowest BCUT2D eigenvalue weighted by Gasteiger charge is -2.08. The van der Waals surface area contributed by atoms with Gasteiger partial charge in [0.2, 0.25) is 0 Å². The van der Waals surface area contributed by atoms with E-state index in [1.807, 2.05) is 0 Å². The molecule has 2 rings (SSSR count). The Morgan fingerprint density at radius 1 is 1.50 bits per heavy atom. The van der Waals surface area contributed by atoms with Crippen LogP contribution in [0.1, 0.15) is 12.8 Å². The second-order valence-electron chi connectivity index (χ2n) is 3.21. The number of hydrogen-bond donors (Lipinski definition) is 1. The summed E-state index contributed by atoms with van der Waals surface area (Å²) in [5, 5.41) is 3.91. The lowest BCUT2D eigenvalue weighted by atomic mass is 10.1. The molecule has 0 spiro atoms. The minimum absolute atomic E-state index is 0.0364. The van der Waals surface area contributed by atoms with Crippen LogP contribution in [-0.2, 0) is 4.79 Å². The number of hydrogen-bond acceptors (Lipinski definition) is 3. The van der Waals surface area contributed by atoms with Crippen molar-refractivity contribution in [3.8, 4) is 0 Å². The molecule has 74 valence electrons. The van der Waals surface area contributed by atoms with Gasteiger partial charge in [-0.2, -0.15) is 4.99 Å². The minimum Gasteiger partial charge on any atom is -0.360 e.